The van der Waals surface area contributed by atoms with Crippen molar-refractivity contribution >= 4 is 29.0 Å². The standard InChI is InChI=1S/C25H26N2O2S/c1-18-6-3-4-7-22(18)27-14-5-15-29-24-16-20(10-13-23(24)27)25(28)26-17-19-8-11-21(30-2)12-9-19/h3-4,6-13,16H,5,14-15,17H2,1-2H3,(H,26,28). The quantitative estimate of drug-likeness (QED) is 0.550. The molecule has 5 heteroatoms. The molecule has 1 N–H and O–H groups in total. The van der Waals surface area contributed by atoms with Crippen LogP contribution in [0.4, 0.5) is 11.4 Å². The molecule has 3 aromatic carbocycles. The van der Waals surface area contributed by atoms with Gasteiger partial charge in [-0.05, 0) is 67.1 Å². The molecule has 0 aliphatic carbocycles. The summed E-state index contributed by atoms with van der Waals surface area (Å²) < 4.78 is 6.00. The summed E-state index contributed by atoms with van der Waals surface area (Å²) >= 11 is 1.71. The van der Waals surface area contributed by atoms with E-state index >= 15 is 0 Å². The Hall–Kier alpha value is -2.92. The molecule has 4 rings (SSSR count). The Balaban J connectivity index is 1.52. The van der Waals surface area contributed by atoms with Crippen molar-refractivity contribution in [2.75, 3.05) is 24.3 Å². The molecule has 1 aliphatic rings. The lowest BCUT2D eigenvalue weighted by molar-refractivity contribution is 0.0950. The molecule has 3 aromatic rings. The highest BCUT2D eigenvalue weighted by Gasteiger charge is 2.20. The number of carbonyl (C=O) groups is 1. The topological polar surface area (TPSA) is 41.6 Å². The largest absolute Gasteiger partial charge is 0.491 e. The number of ether oxygens (including phenoxy) is 1. The average molecular weight is 419 g/mol. The first-order valence-corrected chi connectivity index (χ1v) is 11.4. The average Bonchev–Trinajstić information content (AvgIpc) is 3.00. The summed E-state index contributed by atoms with van der Waals surface area (Å²) in [4.78, 5) is 16.2. The number of carbonyl (C=O) groups excluding carboxylic acids is 1. The molecule has 154 valence electrons. The van der Waals surface area contributed by atoms with Gasteiger partial charge in [-0.15, -0.1) is 11.8 Å². The van der Waals surface area contributed by atoms with Gasteiger partial charge in [0.25, 0.3) is 5.91 Å². The third kappa shape index (κ3) is 4.46. The highest BCUT2D eigenvalue weighted by molar-refractivity contribution is 7.98. The molecule has 4 nitrogen and oxygen atoms in total. The van der Waals surface area contributed by atoms with Crippen molar-refractivity contribution in [3.05, 3.63) is 83.4 Å². The molecule has 0 bridgehead atoms. The number of rotatable bonds is 5. The van der Waals surface area contributed by atoms with Gasteiger partial charge in [0, 0.05) is 29.2 Å². The zero-order chi connectivity index (χ0) is 20.9. The summed E-state index contributed by atoms with van der Waals surface area (Å²) in [5.41, 5.74) is 5.10. The van der Waals surface area contributed by atoms with E-state index in [1.54, 1.807) is 11.8 Å². The van der Waals surface area contributed by atoms with Gasteiger partial charge in [-0.2, -0.15) is 0 Å². The van der Waals surface area contributed by atoms with Gasteiger partial charge in [0.15, 0.2) is 0 Å². The third-order valence-corrected chi connectivity index (χ3v) is 6.06. The smallest absolute Gasteiger partial charge is 0.251 e. The first-order valence-electron chi connectivity index (χ1n) is 10.2. The van der Waals surface area contributed by atoms with E-state index in [9.17, 15) is 4.79 Å². The van der Waals surface area contributed by atoms with Gasteiger partial charge in [0.2, 0.25) is 0 Å². The monoisotopic (exact) mass is 418 g/mol. The summed E-state index contributed by atoms with van der Waals surface area (Å²) in [6.45, 7) is 4.15. The van der Waals surface area contributed by atoms with Crippen LogP contribution in [0.3, 0.4) is 0 Å². The van der Waals surface area contributed by atoms with Crippen LogP contribution in [0, 0.1) is 6.92 Å². The Morgan fingerprint density at radius 2 is 1.87 bits per heavy atom. The van der Waals surface area contributed by atoms with Gasteiger partial charge < -0.3 is 15.0 Å². The Kier molecular flexibility index (Phi) is 6.29. The van der Waals surface area contributed by atoms with Gasteiger partial charge in [-0.3, -0.25) is 4.79 Å². The van der Waals surface area contributed by atoms with Crippen molar-refractivity contribution in [2.24, 2.45) is 0 Å². The fourth-order valence-corrected chi connectivity index (χ4v) is 4.07. The van der Waals surface area contributed by atoms with Gasteiger partial charge in [0.05, 0.1) is 12.3 Å². The van der Waals surface area contributed by atoms with Crippen LogP contribution in [0.2, 0.25) is 0 Å². The molecule has 0 unspecified atom stereocenters. The SMILES string of the molecule is CSc1ccc(CNC(=O)c2ccc3c(c2)OCCCN3c2ccccc2C)cc1. The number of aryl methyl sites for hydroxylation is 1. The van der Waals surface area contributed by atoms with E-state index in [1.807, 2.05) is 30.3 Å². The van der Waals surface area contributed by atoms with Crippen LogP contribution in [0.15, 0.2) is 71.6 Å². The number of nitrogens with one attached hydrogen (secondary N) is 1. The van der Waals surface area contributed by atoms with Crippen LogP contribution < -0.4 is 15.0 Å². The van der Waals surface area contributed by atoms with E-state index in [1.165, 1.54) is 16.1 Å². The second-order valence-corrected chi connectivity index (χ2v) is 8.23. The number of hydrogen-bond acceptors (Lipinski definition) is 4. The highest BCUT2D eigenvalue weighted by atomic mass is 32.2. The summed E-state index contributed by atoms with van der Waals surface area (Å²) in [6, 6.07) is 22.3. The molecule has 30 heavy (non-hydrogen) atoms. The molecule has 0 spiro atoms. The second-order valence-electron chi connectivity index (χ2n) is 7.35. The van der Waals surface area contributed by atoms with Gasteiger partial charge in [-0.1, -0.05) is 30.3 Å². The van der Waals surface area contributed by atoms with E-state index in [2.05, 4.69) is 59.8 Å². The number of nitrogens with zero attached hydrogens (tertiary/aromatic N) is 1. The van der Waals surface area contributed by atoms with E-state index in [4.69, 9.17) is 4.74 Å². The van der Waals surface area contributed by atoms with Crippen molar-refractivity contribution in [3.8, 4) is 5.75 Å². The summed E-state index contributed by atoms with van der Waals surface area (Å²) in [6.07, 6.45) is 2.98. The summed E-state index contributed by atoms with van der Waals surface area (Å²) in [7, 11) is 0. The Labute approximate surface area is 182 Å². The molecule has 0 aromatic heterocycles. The van der Waals surface area contributed by atoms with E-state index < -0.39 is 0 Å². The number of fused-ring (bicyclic) bond motifs is 1. The highest BCUT2D eigenvalue weighted by Crippen LogP contribution is 2.38. The lowest BCUT2D eigenvalue weighted by Gasteiger charge is -2.25. The van der Waals surface area contributed by atoms with Crippen LogP contribution in [-0.2, 0) is 6.54 Å². The fraction of sp³-hybridized carbons (Fsp3) is 0.240. The van der Waals surface area contributed by atoms with E-state index in [0.29, 0.717) is 18.7 Å². The van der Waals surface area contributed by atoms with Crippen molar-refractivity contribution in [3.63, 3.8) is 0 Å². The number of amides is 1. The lowest BCUT2D eigenvalue weighted by atomic mass is 10.1. The third-order valence-electron chi connectivity index (χ3n) is 5.31. The van der Waals surface area contributed by atoms with Crippen molar-refractivity contribution in [1.29, 1.82) is 0 Å². The van der Waals surface area contributed by atoms with Crippen LogP contribution in [0.1, 0.15) is 27.9 Å². The minimum Gasteiger partial charge on any atom is -0.491 e. The maximum atomic E-state index is 12.7. The molecule has 1 heterocycles. The number of para-hydroxylation sites is 1. The zero-order valence-electron chi connectivity index (χ0n) is 17.4. The predicted octanol–water partition coefficient (Wildman–Crippen LogP) is 5.57. The fourth-order valence-electron chi connectivity index (χ4n) is 3.66. The van der Waals surface area contributed by atoms with Crippen molar-refractivity contribution in [1.82, 2.24) is 5.32 Å². The molecule has 0 fully saturated rings. The number of anilines is 2. The lowest BCUT2D eigenvalue weighted by Crippen LogP contribution is -2.23. The minimum atomic E-state index is -0.0953. The molecule has 1 amide bonds. The molecular formula is C25H26N2O2S. The van der Waals surface area contributed by atoms with Crippen LogP contribution in [0.25, 0.3) is 0 Å². The predicted molar refractivity (Wildman–Crippen MR) is 124 cm³/mol. The normalized spacial score (nSPS) is 13.2. The van der Waals surface area contributed by atoms with Gasteiger partial charge in [0.1, 0.15) is 5.75 Å². The van der Waals surface area contributed by atoms with E-state index in [0.717, 1.165) is 30.0 Å². The second kappa shape index (κ2) is 9.26. The Morgan fingerprint density at radius 3 is 2.63 bits per heavy atom. The van der Waals surface area contributed by atoms with Crippen LogP contribution >= 0.6 is 11.8 Å². The number of benzene rings is 3. The van der Waals surface area contributed by atoms with Gasteiger partial charge >= 0.3 is 0 Å². The summed E-state index contributed by atoms with van der Waals surface area (Å²) in [5.74, 6) is 0.662. The molecule has 0 radical (unpaired) electrons. The van der Waals surface area contributed by atoms with E-state index in [-0.39, 0.29) is 5.91 Å². The first kappa shape index (κ1) is 20.4. The molecule has 1 aliphatic heterocycles. The Bertz CT molecular complexity index is 1030. The molecule has 0 atom stereocenters. The minimum absolute atomic E-state index is 0.0953. The first-order chi connectivity index (χ1) is 14.7. The van der Waals surface area contributed by atoms with Crippen LogP contribution in [0.5, 0.6) is 5.75 Å². The molecule has 0 saturated carbocycles. The maximum absolute atomic E-state index is 12.7. The Morgan fingerprint density at radius 1 is 1.07 bits per heavy atom. The zero-order valence-corrected chi connectivity index (χ0v) is 18.2. The molecular weight excluding hydrogens is 392 g/mol. The number of hydrogen-bond donors (Lipinski definition) is 1. The number of thioether (sulfide) groups is 1. The van der Waals surface area contributed by atoms with Crippen LogP contribution in [-0.4, -0.2) is 25.3 Å². The van der Waals surface area contributed by atoms with Gasteiger partial charge in [-0.25, -0.2) is 0 Å². The van der Waals surface area contributed by atoms with Crippen molar-refractivity contribution < 1.29 is 9.53 Å². The molecule has 0 saturated heterocycles. The van der Waals surface area contributed by atoms with Crippen molar-refractivity contribution in [2.45, 2.75) is 24.8 Å². The maximum Gasteiger partial charge on any atom is 0.251 e. The summed E-state index contributed by atoms with van der Waals surface area (Å²) in [5, 5.41) is 3.01.